The first-order chi connectivity index (χ1) is 19.4. The van der Waals surface area contributed by atoms with Crippen LogP contribution in [0.4, 0.5) is 17.5 Å². The summed E-state index contributed by atoms with van der Waals surface area (Å²) in [5.41, 5.74) is 4.50. The Balaban J connectivity index is 1.51. The van der Waals surface area contributed by atoms with E-state index in [1.54, 1.807) is 42.4 Å². The molecule has 1 aliphatic carbocycles. The highest BCUT2D eigenvalue weighted by Crippen LogP contribution is 2.37. The van der Waals surface area contributed by atoms with Gasteiger partial charge >= 0.3 is 0 Å². The number of allylic oxidation sites excluding steroid dienone is 1. The van der Waals surface area contributed by atoms with Gasteiger partial charge in [0.25, 0.3) is 5.91 Å². The van der Waals surface area contributed by atoms with Gasteiger partial charge in [0, 0.05) is 31.7 Å². The maximum atomic E-state index is 13.8. The molecule has 0 radical (unpaired) electrons. The summed E-state index contributed by atoms with van der Waals surface area (Å²) in [5, 5.41) is 1.66. The third kappa shape index (κ3) is 5.77. The number of carbonyl (C=O) groups is 2. The molecule has 1 aromatic carbocycles. The molecule has 1 N–H and O–H groups in total. The lowest BCUT2D eigenvalue weighted by Crippen LogP contribution is -2.46. The van der Waals surface area contributed by atoms with Crippen LogP contribution in [-0.2, 0) is 4.79 Å². The number of benzene rings is 1. The number of aromatic nitrogens is 2. The van der Waals surface area contributed by atoms with E-state index in [0.717, 1.165) is 38.2 Å². The van der Waals surface area contributed by atoms with Crippen LogP contribution >= 0.6 is 0 Å². The second-order valence-corrected chi connectivity index (χ2v) is 11.2. The van der Waals surface area contributed by atoms with Crippen molar-refractivity contribution in [1.82, 2.24) is 19.9 Å². The molecule has 10 heteroatoms. The normalized spacial score (nSPS) is 22.0. The third-order valence-corrected chi connectivity index (χ3v) is 8.43. The zero-order chi connectivity index (χ0) is 28.2. The van der Waals surface area contributed by atoms with Crippen LogP contribution in [0.1, 0.15) is 55.3 Å². The van der Waals surface area contributed by atoms with Crippen LogP contribution < -0.4 is 20.0 Å². The van der Waals surface area contributed by atoms with Crippen molar-refractivity contribution in [2.24, 2.45) is 5.92 Å². The minimum Gasteiger partial charge on any atom is -0.497 e. The number of hydrogen-bond acceptors (Lipinski definition) is 8. The summed E-state index contributed by atoms with van der Waals surface area (Å²) >= 11 is 0. The Labute approximate surface area is 237 Å². The number of hydrazine groups is 1. The predicted molar refractivity (Wildman–Crippen MR) is 157 cm³/mol. The number of nitrogens with one attached hydrogen (secondary N) is 1. The molecule has 1 saturated heterocycles. The average Bonchev–Trinajstić information content (AvgIpc) is 3.39. The molecule has 40 heavy (non-hydrogen) atoms. The van der Waals surface area contributed by atoms with Crippen LogP contribution in [0.25, 0.3) is 0 Å². The van der Waals surface area contributed by atoms with Crippen LogP contribution in [0.15, 0.2) is 43.1 Å². The lowest BCUT2D eigenvalue weighted by atomic mass is 9.93. The van der Waals surface area contributed by atoms with Crippen molar-refractivity contribution >= 4 is 29.3 Å². The Morgan fingerprint density at radius 1 is 1.20 bits per heavy atom. The molecule has 10 nitrogen and oxygen atoms in total. The molecule has 1 saturated carbocycles. The van der Waals surface area contributed by atoms with Gasteiger partial charge in [-0.1, -0.05) is 31.4 Å². The van der Waals surface area contributed by atoms with Gasteiger partial charge in [-0.05, 0) is 57.5 Å². The van der Waals surface area contributed by atoms with Crippen molar-refractivity contribution in [3.05, 3.63) is 48.7 Å². The number of carbonyl (C=O) groups excluding carboxylic acids is 2. The standard InChI is InChI=1S/C30H41N7O3/c1-5-10-22-19-36(23-12-7-6-8-13-23)27-26(35(3)28(22)38)18-31-30(32-27)33-37(24-15-16-34(2)20-24)29(39)21-11-9-14-25(17-21)40-4/h5,9,11,14,17-18,22-24H,1,6-8,10,12-13,15-16,19-20H2,2-4H3,(H,31,32,33)/t22?,24-/m1/s1. The molecular formula is C30H41N7O3. The summed E-state index contributed by atoms with van der Waals surface area (Å²) in [7, 11) is 5.45. The van der Waals surface area contributed by atoms with E-state index in [4.69, 9.17) is 9.72 Å². The van der Waals surface area contributed by atoms with E-state index >= 15 is 0 Å². The highest BCUT2D eigenvalue weighted by Gasteiger charge is 2.37. The SMILES string of the molecule is C=CCC1CN(C2CCCCC2)c2nc(NN(C(=O)c3cccc(OC)c3)[C@@H]3CCN(C)C3)ncc2N(C)C1=O. The van der Waals surface area contributed by atoms with Gasteiger partial charge in [-0.3, -0.25) is 15.0 Å². The van der Waals surface area contributed by atoms with Gasteiger partial charge in [-0.25, -0.2) is 9.99 Å². The molecule has 3 aliphatic rings. The molecule has 1 unspecified atom stereocenters. The maximum Gasteiger partial charge on any atom is 0.272 e. The minimum atomic E-state index is -0.199. The van der Waals surface area contributed by atoms with E-state index in [1.165, 1.54) is 19.3 Å². The van der Waals surface area contributed by atoms with Crippen LogP contribution in [0.5, 0.6) is 5.75 Å². The summed E-state index contributed by atoms with van der Waals surface area (Å²) in [5.74, 6) is 1.39. The third-order valence-electron chi connectivity index (χ3n) is 8.43. The molecule has 2 atom stereocenters. The molecule has 2 aliphatic heterocycles. The number of anilines is 3. The molecular weight excluding hydrogens is 506 g/mol. The number of likely N-dealkylation sites (tertiary alicyclic amines) is 1. The summed E-state index contributed by atoms with van der Waals surface area (Å²) < 4.78 is 5.37. The fourth-order valence-electron chi connectivity index (χ4n) is 6.19. The lowest BCUT2D eigenvalue weighted by molar-refractivity contribution is -0.121. The van der Waals surface area contributed by atoms with E-state index in [0.29, 0.717) is 42.0 Å². The van der Waals surface area contributed by atoms with Crippen molar-refractivity contribution in [2.75, 3.05) is 56.1 Å². The quantitative estimate of drug-likeness (QED) is 0.392. The summed E-state index contributed by atoms with van der Waals surface area (Å²) in [4.78, 5) is 43.1. The topological polar surface area (TPSA) is 94.1 Å². The van der Waals surface area contributed by atoms with Crippen molar-refractivity contribution in [1.29, 1.82) is 0 Å². The molecule has 2 aromatic rings. The van der Waals surface area contributed by atoms with Gasteiger partial charge in [0.05, 0.1) is 25.3 Å². The average molecular weight is 548 g/mol. The predicted octanol–water partition coefficient (Wildman–Crippen LogP) is 3.97. The second kappa shape index (κ2) is 12.2. The van der Waals surface area contributed by atoms with E-state index in [9.17, 15) is 9.59 Å². The molecule has 5 rings (SSSR count). The lowest BCUT2D eigenvalue weighted by Gasteiger charge is -2.36. The highest BCUT2D eigenvalue weighted by atomic mass is 16.5. The van der Waals surface area contributed by atoms with Crippen LogP contribution in [0.3, 0.4) is 0 Å². The number of amides is 2. The van der Waals surface area contributed by atoms with Crippen LogP contribution in [0.2, 0.25) is 0 Å². The van der Waals surface area contributed by atoms with Gasteiger partial charge in [0.2, 0.25) is 11.9 Å². The van der Waals surface area contributed by atoms with Crippen molar-refractivity contribution in [3.63, 3.8) is 0 Å². The Hall–Kier alpha value is -3.66. The number of nitrogens with zero attached hydrogens (tertiary/aromatic N) is 6. The van der Waals surface area contributed by atoms with E-state index in [1.807, 2.05) is 18.2 Å². The first-order valence-electron chi connectivity index (χ1n) is 14.3. The van der Waals surface area contributed by atoms with Gasteiger partial charge < -0.3 is 19.4 Å². The van der Waals surface area contributed by atoms with Crippen LogP contribution in [0, 0.1) is 5.92 Å². The smallest absolute Gasteiger partial charge is 0.272 e. The van der Waals surface area contributed by atoms with Crippen LogP contribution in [-0.4, -0.2) is 84.6 Å². The molecule has 3 heterocycles. The molecule has 2 fully saturated rings. The maximum absolute atomic E-state index is 13.8. The first-order valence-corrected chi connectivity index (χ1v) is 14.3. The van der Waals surface area contributed by atoms with Gasteiger partial charge in [-0.2, -0.15) is 4.98 Å². The number of rotatable bonds is 8. The van der Waals surface area contributed by atoms with Crippen molar-refractivity contribution < 1.29 is 14.3 Å². The zero-order valence-corrected chi connectivity index (χ0v) is 23.9. The van der Waals surface area contributed by atoms with E-state index in [2.05, 4.69) is 33.8 Å². The van der Waals surface area contributed by atoms with Crippen molar-refractivity contribution in [2.45, 2.75) is 57.0 Å². The van der Waals surface area contributed by atoms with Gasteiger partial charge in [-0.15, -0.1) is 6.58 Å². The molecule has 0 spiro atoms. The van der Waals surface area contributed by atoms with E-state index in [-0.39, 0.29) is 23.8 Å². The summed E-state index contributed by atoms with van der Waals surface area (Å²) in [6, 6.07) is 7.44. The fraction of sp³-hybridized carbons (Fsp3) is 0.533. The minimum absolute atomic E-state index is 0.0487. The number of hydrogen-bond donors (Lipinski definition) is 1. The Morgan fingerprint density at radius 2 is 2.00 bits per heavy atom. The number of ether oxygens (including phenoxy) is 1. The molecule has 2 amide bonds. The first kappa shape index (κ1) is 27.9. The fourth-order valence-corrected chi connectivity index (χ4v) is 6.19. The highest BCUT2D eigenvalue weighted by molar-refractivity contribution is 5.99. The van der Waals surface area contributed by atoms with Crippen molar-refractivity contribution in [3.8, 4) is 5.75 Å². The Kier molecular flexibility index (Phi) is 8.54. The summed E-state index contributed by atoms with van der Waals surface area (Å²) in [6.45, 7) is 6.12. The van der Waals surface area contributed by atoms with E-state index < -0.39 is 0 Å². The van der Waals surface area contributed by atoms with Gasteiger partial charge in [0.1, 0.15) is 11.4 Å². The molecule has 1 aromatic heterocycles. The molecule has 0 bridgehead atoms. The number of likely N-dealkylation sites (N-methyl/N-ethyl adjacent to an activating group) is 1. The number of fused-ring (bicyclic) bond motifs is 1. The number of methoxy groups -OCH3 is 1. The van der Waals surface area contributed by atoms with Gasteiger partial charge in [0.15, 0.2) is 5.82 Å². The zero-order valence-electron chi connectivity index (χ0n) is 23.9. The largest absolute Gasteiger partial charge is 0.497 e. The Morgan fingerprint density at radius 3 is 2.70 bits per heavy atom. The second-order valence-electron chi connectivity index (χ2n) is 11.2. The monoisotopic (exact) mass is 547 g/mol. The Bertz CT molecular complexity index is 1230. The summed E-state index contributed by atoms with van der Waals surface area (Å²) in [6.07, 6.45) is 10.7. The molecule has 214 valence electrons.